The summed E-state index contributed by atoms with van der Waals surface area (Å²) in [5, 5.41) is 8.99. The summed E-state index contributed by atoms with van der Waals surface area (Å²) in [6.07, 6.45) is 0.881. The molecular formula is C7H9N3O3. The highest BCUT2D eigenvalue weighted by Crippen LogP contribution is 2.19. The molecule has 1 saturated heterocycles. The molecule has 0 aromatic carbocycles. The lowest BCUT2D eigenvalue weighted by Gasteiger charge is -2.34. The molecule has 1 aromatic heterocycles. The lowest BCUT2D eigenvalue weighted by Crippen LogP contribution is -2.51. The molecule has 6 heteroatoms. The van der Waals surface area contributed by atoms with Gasteiger partial charge in [-0.15, -0.1) is 0 Å². The summed E-state index contributed by atoms with van der Waals surface area (Å²) in [6.45, 7) is 0.970. The first kappa shape index (κ1) is 8.06. The number of β-amino-alcohol motifs (C(OH)–C–C–N with tert-alkyl or cyclic N) is 1. The van der Waals surface area contributed by atoms with Crippen molar-refractivity contribution in [3.8, 4) is 0 Å². The van der Waals surface area contributed by atoms with Crippen LogP contribution < -0.4 is 10.6 Å². The number of anilines is 1. The predicted molar refractivity (Wildman–Crippen MR) is 43.2 cm³/mol. The first-order chi connectivity index (χ1) is 6.16. The summed E-state index contributed by atoms with van der Waals surface area (Å²) in [5.41, 5.74) is 5.09. The number of nitrogens with zero attached hydrogens (tertiary/aromatic N) is 2. The van der Waals surface area contributed by atoms with Crippen molar-refractivity contribution in [3.63, 3.8) is 0 Å². The molecular weight excluding hydrogens is 174 g/mol. The third-order valence-corrected chi connectivity index (χ3v) is 1.88. The number of hydrogen-bond acceptors (Lipinski definition) is 5. The molecule has 2 rings (SSSR count). The number of nitrogens with two attached hydrogens (primary N) is 1. The van der Waals surface area contributed by atoms with Crippen molar-refractivity contribution >= 4 is 11.9 Å². The molecule has 2 heterocycles. The Morgan fingerprint density at radius 1 is 1.77 bits per heavy atom. The number of aliphatic hydroxyl groups excluding tert-OH is 1. The van der Waals surface area contributed by atoms with Gasteiger partial charge in [0.2, 0.25) is 0 Å². The zero-order chi connectivity index (χ0) is 9.42. The topological polar surface area (TPSA) is 92.6 Å². The number of carbonyl (C=O) groups is 1. The van der Waals surface area contributed by atoms with E-state index in [1.165, 1.54) is 6.26 Å². The molecule has 70 valence electrons. The second-order valence-electron chi connectivity index (χ2n) is 2.94. The van der Waals surface area contributed by atoms with Gasteiger partial charge in [0.15, 0.2) is 5.69 Å². The second kappa shape index (κ2) is 2.74. The quantitative estimate of drug-likeness (QED) is 0.610. The average molecular weight is 183 g/mol. The summed E-state index contributed by atoms with van der Waals surface area (Å²) in [6, 6.07) is 0.333. The normalized spacial score (nSPS) is 17.2. The summed E-state index contributed by atoms with van der Waals surface area (Å²) in [5.74, 6) is -0.615. The maximum atomic E-state index is 10.6. The van der Waals surface area contributed by atoms with E-state index < -0.39 is 5.91 Å². The minimum absolute atomic E-state index is 0.108. The fraction of sp³-hybridized carbons (Fsp3) is 0.429. The number of hydrogen-bond donors (Lipinski definition) is 2. The monoisotopic (exact) mass is 183 g/mol. The van der Waals surface area contributed by atoms with Crippen LogP contribution in [0.2, 0.25) is 0 Å². The van der Waals surface area contributed by atoms with Crippen molar-refractivity contribution in [3.05, 3.63) is 12.0 Å². The van der Waals surface area contributed by atoms with Crippen molar-refractivity contribution < 1.29 is 14.3 Å². The molecule has 0 aliphatic carbocycles. The van der Waals surface area contributed by atoms with Gasteiger partial charge in [-0.3, -0.25) is 4.79 Å². The molecule has 3 N–H and O–H groups in total. The average Bonchev–Trinajstić information content (AvgIpc) is 2.46. The van der Waals surface area contributed by atoms with E-state index in [4.69, 9.17) is 15.3 Å². The largest absolute Gasteiger partial charge is 0.431 e. The van der Waals surface area contributed by atoms with E-state index in [1.807, 2.05) is 0 Å². The summed E-state index contributed by atoms with van der Waals surface area (Å²) >= 11 is 0. The molecule has 1 aliphatic heterocycles. The van der Waals surface area contributed by atoms with Crippen LogP contribution in [0.5, 0.6) is 0 Å². The van der Waals surface area contributed by atoms with Crippen LogP contribution in [0.25, 0.3) is 0 Å². The van der Waals surface area contributed by atoms with E-state index >= 15 is 0 Å². The molecule has 1 amide bonds. The number of oxazole rings is 1. The number of aromatic nitrogens is 1. The second-order valence-corrected chi connectivity index (χ2v) is 2.94. The van der Waals surface area contributed by atoms with Gasteiger partial charge in [0, 0.05) is 0 Å². The van der Waals surface area contributed by atoms with Crippen molar-refractivity contribution in [1.29, 1.82) is 0 Å². The SMILES string of the molecule is NC(=O)c1coc(N2CC(O)C2)n1. The van der Waals surface area contributed by atoms with Crippen LogP contribution in [0.4, 0.5) is 6.01 Å². The summed E-state index contributed by atoms with van der Waals surface area (Å²) in [4.78, 5) is 16.2. The van der Waals surface area contributed by atoms with E-state index in [9.17, 15) is 4.79 Å². The van der Waals surface area contributed by atoms with E-state index in [-0.39, 0.29) is 11.8 Å². The molecule has 1 aliphatic rings. The smallest absolute Gasteiger partial charge is 0.298 e. The van der Waals surface area contributed by atoms with Gasteiger partial charge in [-0.05, 0) is 0 Å². The molecule has 1 aromatic rings. The highest BCUT2D eigenvalue weighted by atomic mass is 16.4. The van der Waals surface area contributed by atoms with Crippen LogP contribution in [-0.2, 0) is 0 Å². The Hall–Kier alpha value is -1.56. The first-order valence-corrected chi connectivity index (χ1v) is 3.85. The van der Waals surface area contributed by atoms with Gasteiger partial charge in [0.25, 0.3) is 11.9 Å². The third kappa shape index (κ3) is 1.35. The van der Waals surface area contributed by atoms with Crippen molar-refractivity contribution in [2.45, 2.75) is 6.10 Å². The van der Waals surface area contributed by atoms with Gasteiger partial charge < -0.3 is 20.2 Å². The van der Waals surface area contributed by atoms with Gasteiger partial charge in [0.1, 0.15) is 6.26 Å². The Kier molecular flexibility index (Phi) is 1.70. The van der Waals surface area contributed by atoms with Crippen molar-refractivity contribution in [1.82, 2.24) is 4.98 Å². The predicted octanol–water partition coefficient (Wildman–Crippen LogP) is -1.05. The number of aliphatic hydroxyl groups is 1. The van der Waals surface area contributed by atoms with Crippen molar-refractivity contribution in [2.24, 2.45) is 5.73 Å². The highest BCUT2D eigenvalue weighted by Gasteiger charge is 2.28. The van der Waals surface area contributed by atoms with E-state index in [1.54, 1.807) is 4.90 Å². The Morgan fingerprint density at radius 3 is 2.92 bits per heavy atom. The fourth-order valence-corrected chi connectivity index (χ4v) is 1.13. The minimum atomic E-state index is -0.615. The minimum Gasteiger partial charge on any atom is -0.431 e. The van der Waals surface area contributed by atoms with Crippen molar-refractivity contribution in [2.75, 3.05) is 18.0 Å². The Morgan fingerprint density at radius 2 is 2.46 bits per heavy atom. The number of carbonyl (C=O) groups excluding carboxylic acids is 1. The number of rotatable bonds is 2. The van der Waals surface area contributed by atoms with E-state index in [0.717, 1.165) is 0 Å². The lowest BCUT2D eigenvalue weighted by atomic mass is 10.2. The Balaban J connectivity index is 2.10. The van der Waals surface area contributed by atoms with Gasteiger partial charge in [0.05, 0.1) is 19.2 Å². The maximum Gasteiger partial charge on any atom is 0.298 e. The van der Waals surface area contributed by atoms with Gasteiger partial charge >= 0.3 is 0 Å². The molecule has 0 unspecified atom stereocenters. The van der Waals surface area contributed by atoms with E-state index in [2.05, 4.69) is 4.98 Å². The first-order valence-electron chi connectivity index (χ1n) is 3.85. The number of primary amides is 1. The zero-order valence-corrected chi connectivity index (χ0v) is 6.80. The molecule has 0 atom stereocenters. The standard InChI is InChI=1S/C7H9N3O3/c8-6(12)5-3-13-7(9-5)10-1-4(11)2-10/h3-4,11H,1-2H2,(H2,8,12). The zero-order valence-electron chi connectivity index (χ0n) is 6.80. The Bertz CT molecular complexity index is 329. The van der Waals surface area contributed by atoms with Gasteiger partial charge in [-0.1, -0.05) is 0 Å². The molecule has 0 saturated carbocycles. The van der Waals surface area contributed by atoms with Crippen LogP contribution in [0.3, 0.4) is 0 Å². The molecule has 0 radical (unpaired) electrons. The van der Waals surface area contributed by atoms with Crippen LogP contribution in [-0.4, -0.2) is 35.2 Å². The van der Waals surface area contributed by atoms with Gasteiger partial charge in [-0.2, -0.15) is 4.98 Å². The van der Waals surface area contributed by atoms with Gasteiger partial charge in [-0.25, -0.2) is 0 Å². The Labute approximate surface area is 74.0 Å². The highest BCUT2D eigenvalue weighted by molar-refractivity contribution is 5.90. The van der Waals surface area contributed by atoms with E-state index in [0.29, 0.717) is 19.1 Å². The third-order valence-electron chi connectivity index (χ3n) is 1.88. The lowest BCUT2D eigenvalue weighted by molar-refractivity contribution is 0.0995. The fourth-order valence-electron chi connectivity index (χ4n) is 1.13. The van der Waals surface area contributed by atoms with Crippen LogP contribution in [0.1, 0.15) is 10.5 Å². The van der Waals surface area contributed by atoms with Crippen LogP contribution in [0, 0.1) is 0 Å². The molecule has 13 heavy (non-hydrogen) atoms. The molecule has 1 fully saturated rings. The van der Waals surface area contributed by atoms with Crippen LogP contribution >= 0.6 is 0 Å². The summed E-state index contributed by atoms with van der Waals surface area (Å²) < 4.78 is 4.98. The molecule has 6 nitrogen and oxygen atoms in total. The summed E-state index contributed by atoms with van der Waals surface area (Å²) in [7, 11) is 0. The molecule has 0 bridgehead atoms. The molecule has 0 spiro atoms. The number of amides is 1. The van der Waals surface area contributed by atoms with Crippen LogP contribution in [0.15, 0.2) is 10.7 Å². The maximum absolute atomic E-state index is 10.6.